The Morgan fingerprint density at radius 1 is 1.52 bits per heavy atom. The molecule has 0 spiro atoms. The molecule has 0 amide bonds. The number of aliphatic carboxylic acids is 1. The number of carbonyl (C=O) groups is 2. The quantitative estimate of drug-likeness (QED) is 0.787. The number of hydrogen-bond acceptors (Lipinski definition) is 4. The number of carbonyl (C=O) groups excluding carboxylic acids is 1. The minimum Gasteiger partial charge on any atom is -0.478 e. The highest BCUT2D eigenvalue weighted by Gasteiger charge is 2.39. The lowest BCUT2D eigenvalue weighted by atomic mass is 9.80. The highest BCUT2D eigenvalue weighted by Crippen LogP contribution is 2.34. The number of allylic oxidation sites excluding steroid dienone is 1. The van der Waals surface area contributed by atoms with Gasteiger partial charge in [0.2, 0.25) is 0 Å². The van der Waals surface area contributed by atoms with Crippen LogP contribution in [-0.4, -0.2) is 35.9 Å². The Hall–Kier alpha value is -1.72. The van der Waals surface area contributed by atoms with Crippen molar-refractivity contribution in [1.29, 1.82) is 0 Å². The Balaban J connectivity index is 2.15. The fourth-order valence-corrected chi connectivity index (χ4v) is 2.48. The molecule has 0 aromatic carbocycles. The summed E-state index contributed by atoms with van der Waals surface area (Å²) in [4.78, 5) is 23.2. The van der Waals surface area contributed by atoms with Gasteiger partial charge in [-0.2, -0.15) is 0 Å². The van der Waals surface area contributed by atoms with Gasteiger partial charge in [0, 0.05) is 17.9 Å². The fourth-order valence-electron chi connectivity index (χ4n) is 2.48. The second-order valence-electron chi connectivity index (χ2n) is 5.56. The zero-order valence-electron chi connectivity index (χ0n) is 12.3. The van der Waals surface area contributed by atoms with Gasteiger partial charge in [0.1, 0.15) is 0 Å². The standard InChI is InChI=1S/C16H20O5/c1-9(2)4-5-20-15-8-12(16(18)19)11-7-13(17)10(3)6-14(11)21-15/h6,8,11,14-15H,1,4-5,7H2,2-3H3,(H,18,19). The van der Waals surface area contributed by atoms with Crippen LogP contribution in [0.4, 0.5) is 0 Å². The molecule has 1 heterocycles. The van der Waals surface area contributed by atoms with Crippen molar-refractivity contribution in [3.8, 4) is 0 Å². The Morgan fingerprint density at radius 2 is 2.24 bits per heavy atom. The predicted octanol–water partition coefficient (Wildman–Crippen LogP) is 2.24. The Bertz CT molecular complexity index is 529. The first-order chi connectivity index (χ1) is 9.88. The average molecular weight is 292 g/mol. The van der Waals surface area contributed by atoms with Crippen LogP contribution >= 0.6 is 0 Å². The van der Waals surface area contributed by atoms with Crippen LogP contribution in [0.5, 0.6) is 0 Å². The minimum atomic E-state index is -1.03. The summed E-state index contributed by atoms with van der Waals surface area (Å²) < 4.78 is 11.3. The van der Waals surface area contributed by atoms with E-state index in [1.165, 1.54) is 6.08 Å². The number of hydrogen-bond donors (Lipinski definition) is 1. The number of ether oxygens (including phenoxy) is 2. The molecule has 1 aliphatic heterocycles. The lowest BCUT2D eigenvalue weighted by molar-refractivity contribution is -0.158. The molecule has 0 aromatic rings. The topological polar surface area (TPSA) is 72.8 Å². The molecule has 2 rings (SSSR count). The van der Waals surface area contributed by atoms with Crippen LogP contribution in [0.2, 0.25) is 0 Å². The highest BCUT2D eigenvalue weighted by molar-refractivity contribution is 5.98. The molecule has 21 heavy (non-hydrogen) atoms. The van der Waals surface area contributed by atoms with Crippen molar-refractivity contribution in [2.24, 2.45) is 5.92 Å². The van der Waals surface area contributed by atoms with Gasteiger partial charge in [0.25, 0.3) is 0 Å². The molecule has 1 aliphatic carbocycles. The number of rotatable bonds is 5. The van der Waals surface area contributed by atoms with Crippen LogP contribution in [-0.2, 0) is 19.1 Å². The molecule has 3 unspecified atom stereocenters. The molecule has 0 saturated carbocycles. The number of carboxylic acids is 1. The minimum absolute atomic E-state index is 0.0337. The lowest BCUT2D eigenvalue weighted by Gasteiger charge is -2.35. The van der Waals surface area contributed by atoms with Gasteiger partial charge in [-0.25, -0.2) is 4.79 Å². The van der Waals surface area contributed by atoms with Crippen molar-refractivity contribution in [3.05, 3.63) is 35.5 Å². The van der Waals surface area contributed by atoms with Gasteiger partial charge in [-0.3, -0.25) is 4.79 Å². The molecule has 0 radical (unpaired) electrons. The van der Waals surface area contributed by atoms with E-state index >= 15 is 0 Å². The fraction of sp³-hybridized carbons (Fsp3) is 0.500. The average Bonchev–Trinajstić information content (AvgIpc) is 2.39. The molecular weight excluding hydrogens is 272 g/mol. The maximum Gasteiger partial charge on any atom is 0.331 e. The zero-order chi connectivity index (χ0) is 15.6. The van der Waals surface area contributed by atoms with Crippen LogP contribution in [0.25, 0.3) is 0 Å². The van der Waals surface area contributed by atoms with E-state index in [2.05, 4.69) is 6.58 Å². The second kappa shape index (κ2) is 6.37. The molecule has 2 aliphatic rings. The Kier molecular flexibility index (Phi) is 4.75. The smallest absolute Gasteiger partial charge is 0.331 e. The molecule has 5 nitrogen and oxygen atoms in total. The summed E-state index contributed by atoms with van der Waals surface area (Å²) in [6, 6.07) is 0. The van der Waals surface area contributed by atoms with Crippen LogP contribution < -0.4 is 0 Å². The summed E-state index contributed by atoms with van der Waals surface area (Å²) in [5, 5.41) is 9.34. The van der Waals surface area contributed by atoms with Gasteiger partial charge >= 0.3 is 5.97 Å². The van der Waals surface area contributed by atoms with Crippen molar-refractivity contribution >= 4 is 11.8 Å². The highest BCUT2D eigenvalue weighted by atomic mass is 16.7. The molecular formula is C16H20O5. The van der Waals surface area contributed by atoms with E-state index in [0.717, 1.165) is 5.57 Å². The summed E-state index contributed by atoms with van der Waals surface area (Å²) >= 11 is 0. The van der Waals surface area contributed by atoms with E-state index in [4.69, 9.17) is 9.47 Å². The van der Waals surface area contributed by atoms with Crippen LogP contribution in [0.15, 0.2) is 35.5 Å². The maximum absolute atomic E-state index is 11.8. The molecule has 5 heteroatoms. The summed E-state index contributed by atoms with van der Waals surface area (Å²) in [5.41, 5.74) is 1.80. The van der Waals surface area contributed by atoms with E-state index in [0.29, 0.717) is 18.6 Å². The molecule has 0 bridgehead atoms. The number of Topliss-reactive ketones (excluding diaryl/α,β-unsaturated/α-hetero) is 1. The van der Waals surface area contributed by atoms with Gasteiger partial charge < -0.3 is 14.6 Å². The summed E-state index contributed by atoms with van der Waals surface area (Å²) in [6.07, 6.45) is 2.90. The van der Waals surface area contributed by atoms with Crippen LogP contribution in [0.3, 0.4) is 0 Å². The number of fused-ring (bicyclic) bond motifs is 1. The van der Waals surface area contributed by atoms with Crippen molar-refractivity contribution in [2.75, 3.05) is 6.61 Å². The van der Waals surface area contributed by atoms with E-state index in [-0.39, 0.29) is 17.8 Å². The summed E-state index contributed by atoms with van der Waals surface area (Å²) in [7, 11) is 0. The van der Waals surface area contributed by atoms with Crippen LogP contribution in [0, 0.1) is 5.92 Å². The van der Waals surface area contributed by atoms with Crippen molar-refractivity contribution in [2.45, 2.75) is 39.1 Å². The van der Waals surface area contributed by atoms with Crippen molar-refractivity contribution < 1.29 is 24.2 Å². The SMILES string of the molecule is C=C(C)CCOC1C=C(C(=O)O)C2CC(=O)C(C)=CC2O1. The largest absolute Gasteiger partial charge is 0.478 e. The van der Waals surface area contributed by atoms with Crippen molar-refractivity contribution in [1.82, 2.24) is 0 Å². The first-order valence-corrected chi connectivity index (χ1v) is 6.96. The lowest BCUT2D eigenvalue weighted by Crippen LogP contribution is -2.40. The Labute approximate surface area is 123 Å². The molecule has 1 N–H and O–H groups in total. The third-order valence-corrected chi connectivity index (χ3v) is 3.72. The van der Waals surface area contributed by atoms with E-state index < -0.39 is 24.3 Å². The van der Waals surface area contributed by atoms with Gasteiger partial charge in [-0.1, -0.05) is 5.57 Å². The molecule has 0 fully saturated rings. The second-order valence-corrected chi connectivity index (χ2v) is 5.56. The summed E-state index contributed by atoms with van der Waals surface area (Å²) in [5.74, 6) is -1.49. The molecule has 114 valence electrons. The van der Waals surface area contributed by atoms with Gasteiger partial charge in [0.05, 0.1) is 12.7 Å². The third-order valence-electron chi connectivity index (χ3n) is 3.72. The summed E-state index contributed by atoms with van der Waals surface area (Å²) in [6.45, 7) is 7.83. The molecule has 3 atom stereocenters. The van der Waals surface area contributed by atoms with Crippen molar-refractivity contribution in [3.63, 3.8) is 0 Å². The van der Waals surface area contributed by atoms with Gasteiger partial charge in [-0.05, 0) is 38.0 Å². The van der Waals surface area contributed by atoms with E-state index in [1.54, 1.807) is 13.0 Å². The first-order valence-electron chi connectivity index (χ1n) is 6.96. The zero-order valence-corrected chi connectivity index (χ0v) is 12.3. The number of ketones is 1. The third kappa shape index (κ3) is 3.68. The van der Waals surface area contributed by atoms with E-state index in [9.17, 15) is 14.7 Å². The van der Waals surface area contributed by atoms with E-state index in [1.807, 2.05) is 6.92 Å². The van der Waals surface area contributed by atoms with Crippen LogP contribution in [0.1, 0.15) is 26.7 Å². The maximum atomic E-state index is 11.8. The monoisotopic (exact) mass is 292 g/mol. The Morgan fingerprint density at radius 3 is 2.86 bits per heavy atom. The number of carboxylic acid groups (broad SMARTS) is 1. The van der Waals surface area contributed by atoms with Gasteiger partial charge in [0.15, 0.2) is 12.1 Å². The normalized spacial score (nSPS) is 28.5. The first kappa shape index (κ1) is 15.7. The molecule has 0 aromatic heterocycles. The molecule has 0 saturated heterocycles. The predicted molar refractivity (Wildman–Crippen MR) is 76.6 cm³/mol. The van der Waals surface area contributed by atoms with Gasteiger partial charge in [-0.15, -0.1) is 6.58 Å².